The zero-order valence-electron chi connectivity index (χ0n) is 11.9. The molecule has 1 aromatic rings. The van der Waals surface area contributed by atoms with Crippen molar-refractivity contribution in [3.8, 4) is 5.75 Å². The molecule has 0 bridgehead atoms. The highest BCUT2D eigenvalue weighted by atomic mass is 35.5. The number of benzene rings is 1. The van der Waals surface area contributed by atoms with Gasteiger partial charge in [0.05, 0.1) is 11.6 Å². The number of amides is 2. The van der Waals surface area contributed by atoms with Gasteiger partial charge in [0.25, 0.3) is 5.91 Å². The molecular weight excluding hydrogens is 280 g/mol. The van der Waals surface area contributed by atoms with Gasteiger partial charge in [-0.3, -0.25) is 9.59 Å². The number of aryl methyl sites for hydroxylation is 1. The number of halogens is 1. The third kappa shape index (κ3) is 4.74. The molecule has 0 aliphatic heterocycles. The van der Waals surface area contributed by atoms with Crippen LogP contribution in [0, 0.1) is 6.92 Å². The van der Waals surface area contributed by atoms with Crippen LogP contribution >= 0.6 is 11.6 Å². The quantitative estimate of drug-likeness (QED) is 0.788. The standard InChI is InChI=1S/C14H19ClN2O3/c1-4-20-13-7-9(2)11(8-12(13)15)14(19)17-6-5-16-10(3)18/h7-8H,4-6H2,1-3H3,(H,16,18)(H,17,19). The van der Waals surface area contributed by atoms with Crippen molar-refractivity contribution in [2.45, 2.75) is 20.8 Å². The number of rotatable bonds is 6. The minimum Gasteiger partial charge on any atom is -0.492 e. The fourth-order valence-electron chi connectivity index (χ4n) is 1.68. The molecule has 0 radical (unpaired) electrons. The van der Waals surface area contributed by atoms with Crippen LogP contribution in [0.15, 0.2) is 12.1 Å². The molecule has 0 atom stereocenters. The molecule has 110 valence electrons. The first-order chi connectivity index (χ1) is 9.45. The first-order valence-corrected chi connectivity index (χ1v) is 6.79. The van der Waals surface area contributed by atoms with E-state index in [2.05, 4.69) is 10.6 Å². The molecule has 0 aliphatic rings. The van der Waals surface area contributed by atoms with E-state index in [1.165, 1.54) is 6.92 Å². The van der Waals surface area contributed by atoms with Gasteiger partial charge in [-0.2, -0.15) is 0 Å². The van der Waals surface area contributed by atoms with Crippen LogP contribution in [-0.2, 0) is 4.79 Å². The lowest BCUT2D eigenvalue weighted by molar-refractivity contribution is -0.118. The highest BCUT2D eigenvalue weighted by Crippen LogP contribution is 2.28. The van der Waals surface area contributed by atoms with Crippen molar-refractivity contribution >= 4 is 23.4 Å². The predicted octanol–water partition coefficient (Wildman–Crippen LogP) is 1.91. The van der Waals surface area contributed by atoms with Crippen molar-refractivity contribution in [3.05, 3.63) is 28.3 Å². The summed E-state index contributed by atoms with van der Waals surface area (Å²) in [5.41, 5.74) is 1.29. The second-order valence-electron chi connectivity index (χ2n) is 4.27. The van der Waals surface area contributed by atoms with Crippen LogP contribution in [0.4, 0.5) is 0 Å². The average Bonchev–Trinajstić information content (AvgIpc) is 2.38. The summed E-state index contributed by atoms with van der Waals surface area (Å²) in [6, 6.07) is 3.34. The van der Waals surface area contributed by atoms with Gasteiger partial charge in [-0.15, -0.1) is 0 Å². The van der Waals surface area contributed by atoms with E-state index < -0.39 is 0 Å². The fourth-order valence-corrected chi connectivity index (χ4v) is 1.89. The van der Waals surface area contributed by atoms with Gasteiger partial charge in [0, 0.05) is 25.6 Å². The van der Waals surface area contributed by atoms with Gasteiger partial charge in [0.15, 0.2) is 0 Å². The maximum absolute atomic E-state index is 12.0. The first-order valence-electron chi connectivity index (χ1n) is 6.41. The molecular formula is C14H19ClN2O3. The molecule has 20 heavy (non-hydrogen) atoms. The van der Waals surface area contributed by atoms with Gasteiger partial charge in [0.1, 0.15) is 5.75 Å². The van der Waals surface area contributed by atoms with Crippen LogP contribution in [0.1, 0.15) is 29.8 Å². The zero-order valence-corrected chi connectivity index (χ0v) is 12.6. The molecule has 5 nitrogen and oxygen atoms in total. The summed E-state index contributed by atoms with van der Waals surface area (Å²) in [7, 11) is 0. The Morgan fingerprint density at radius 2 is 1.90 bits per heavy atom. The second kappa shape index (κ2) is 7.75. The first kappa shape index (κ1) is 16.3. The molecule has 0 aromatic heterocycles. The predicted molar refractivity (Wildman–Crippen MR) is 78.4 cm³/mol. The largest absolute Gasteiger partial charge is 0.492 e. The molecule has 1 rings (SSSR count). The van der Waals surface area contributed by atoms with Gasteiger partial charge in [-0.05, 0) is 31.5 Å². The third-order valence-corrected chi connectivity index (χ3v) is 2.90. The Morgan fingerprint density at radius 3 is 2.50 bits per heavy atom. The summed E-state index contributed by atoms with van der Waals surface area (Å²) in [4.78, 5) is 22.7. The Morgan fingerprint density at radius 1 is 1.25 bits per heavy atom. The van der Waals surface area contributed by atoms with Gasteiger partial charge >= 0.3 is 0 Å². The van der Waals surface area contributed by atoms with Crippen molar-refractivity contribution in [3.63, 3.8) is 0 Å². The zero-order chi connectivity index (χ0) is 15.1. The third-order valence-electron chi connectivity index (χ3n) is 2.61. The summed E-state index contributed by atoms with van der Waals surface area (Å²) in [5.74, 6) is 0.221. The monoisotopic (exact) mass is 298 g/mol. The molecule has 0 fully saturated rings. The molecule has 2 amide bonds. The lowest BCUT2D eigenvalue weighted by atomic mass is 10.1. The number of hydrogen-bond acceptors (Lipinski definition) is 3. The topological polar surface area (TPSA) is 67.4 Å². The van der Waals surface area contributed by atoms with Crippen LogP contribution in [0.2, 0.25) is 5.02 Å². The van der Waals surface area contributed by atoms with E-state index in [4.69, 9.17) is 16.3 Å². The van der Waals surface area contributed by atoms with E-state index in [9.17, 15) is 9.59 Å². The highest BCUT2D eigenvalue weighted by Gasteiger charge is 2.12. The molecule has 0 heterocycles. The Kier molecular flexibility index (Phi) is 6.31. The minimum absolute atomic E-state index is 0.125. The van der Waals surface area contributed by atoms with Gasteiger partial charge in [0.2, 0.25) is 5.91 Å². The summed E-state index contributed by atoms with van der Waals surface area (Å²) >= 11 is 6.07. The van der Waals surface area contributed by atoms with E-state index in [1.54, 1.807) is 12.1 Å². The van der Waals surface area contributed by atoms with Crippen LogP contribution in [0.5, 0.6) is 5.75 Å². The fraction of sp³-hybridized carbons (Fsp3) is 0.429. The van der Waals surface area contributed by atoms with Gasteiger partial charge in [-0.1, -0.05) is 11.6 Å². The SMILES string of the molecule is CCOc1cc(C)c(C(=O)NCCNC(C)=O)cc1Cl. The summed E-state index contributed by atoms with van der Waals surface area (Å²) in [5, 5.41) is 5.73. The molecule has 6 heteroatoms. The smallest absolute Gasteiger partial charge is 0.251 e. The van der Waals surface area contributed by atoms with E-state index >= 15 is 0 Å². The van der Waals surface area contributed by atoms with Crippen molar-refractivity contribution < 1.29 is 14.3 Å². The molecule has 2 N–H and O–H groups in total. The number of nitrogens with one attached hydrogen (secondary N) is 2. The van der Waals surface area contributed by atoms with Crippen molar-refractivity contribution in [1.29, 1.82) is 0 Å². The summed E-state index contributed by atoms with van der Waals surface area (Å²) in [6.07, 6.45) is 0. The van der Waals surface area contributed by atoms with Crippen LogP contribution < -0.4 is 15.4 Å². The molecule has 0 saturated carbocycles. The number of carbonyl (C=O) groups excluding carboxylic acids is 2. The van der Waals surface area contributed by atoms with Crippen LogP contribution in [-0.4, -0.2) is 31.5 Å². The molecule has 0 saturated heterocycles. The second-order valence-corrected chi connectivity index (χ2v) is 4.68. The van der Waals surface area contributed by atoms with Gasteiger partial charge in [-0.25, -0.2) is 0 Å². The Balaban J connectivity index is 2.68. The number of carbonyl (C=O) groups is 2. The maximum Gasteiger partial charge on any atom is 0.251 e. The molecule has 1 aromatic carbocycles. The Labute approximate surface area is 123 Å². The normalized spacial score (nSPS) is 10.0. The van der Waals surface area contributed by atoms with Crippen LogP contribution in [0.3, 0.4) is 0 Å². The van der Waals surface area contributed by atoms with Gasteiger partial charge < -0.3 is 15.4 Å². The Bertz CT molecular complexity index is 503. The Hall–Kier alpha value is -1.75. The summed E-state index contributed by atoms with van der Waals surface area (Å²) < 4.78 is 5.37. The van der Waals surface area contributed by atoms with Crippen molar-refractivity contribution in [2.75, 3.05) is 19.7 Å². The molecule has 0 aliphatic carbocycles. The lowest BCUT2D eigenvalue weighted by Gasteiger charge is -2.11. The maximum atomic E-state index is 12.0. The molecule has 0 unspecified atom stereocenters. The minimum atomic E-state index is -0.224. The lowest BCUT2D eigenvalue weighted by Crippen LogP contribution is -2.33. The van der Waals surface area contributed by atoms with E-state index in [0.717, 1.165) is 5.56 Å². The summed E-state index contributed by atoms with van der Waals surface area (Å²) in [6.45, 7) is 6.39. The van der Waals surface area contributed by atoms with E-state index in [-0.39, 0.29) is 11.8 Å². The highest BCUT2D eigenvalue weighted by molar-refractivity contribution is 6.32. The number of hydrogen-bond donors (Lipinski definition) is 2. The van der Waals surface area contributed by atoms with Crippen LogP contribution in [0.25, 0.3) is 0 Å². The van der Waals surface area contributed by atoms with Crippen molar-refractivity contribution in [1.82, 2.24) is 10.6 Å². The average molecular weight is 299 g/mol. The van der Waals surface area contributed by atoms with Crippen molar-refractivity contribution in [2.24, 2.45) is 0 Å². The van der Waals surface area contributed by atoms with E-state index in [1.807, 2.05) is 13.8 Å². The molecule has 0 spiro atoms. The number of ether oxygens (including phenoxy) is 1. The van der Waals surface area contributed by atoms with E-state index in [0.29, 0.717) is 36.0 Å².